The largest absolute Gasteiger partial charge is 0.480 e. The van der Waals surface area contributed by atoms with Gasteiger partial charge in [0, 0.05) is 19.0 Å². The van der Waals surface area contributed by atoms with Crippen molar-refractivity contribution in [3.63, 3.8) is 0 Å². The van der Waals surface area contributed by atoms with Crippen molar-refractivity contribution in [2.75, 3.05) is 14.2 Å². The van der Waals surface area contributed by atoms with E-state index in [0.29, 0.717) is 5.56 Å². The van der Waals surface area contributed by atoms with Gasteiger partial charge in [0.05, 0.1) is 13.2 Å². The minimum absolute atomic E-state index is 0.218. The van der Waals surface area contributed by atoms with Crippen LogP contribution in [0.5, 0.6) is 0 Å². The van der Waals surface area contributed by atoms with E-state index in [0.717, 1.165) is 4.90 Å². The van der Waals surface area contributed by atoms with Crippen LogP contribution in [0.15, 0.2) is 24.3 Å². The Balaban J connectivity index is 2.57. The zero-order valence-electron chi connectivity index (χ0n) is 16.6. The Labute approximate surface area is 163 Å². The maximum Gasteiger partial charge on any atom is 0.410 e. The molecule has 1 aromatic rings. The molecule has 0 bridgehead atoms. The van der Waals surface area contributed by atoms with Crippen LogP contribution in [0.1, 0.15) is 55.6 Å². The minimum atomic E-state index is -2.01. The van der Waals surface area contributed by atoms with E-state index in [1.165, 1.54) is 20.2 Å². The SMILES string of the molecule is COC(=O)CCC1(C(=O)O)C(=O)c2ccccc2C1N(C)C(=O)OC(C)(C)C. The third-order valence-electron chi connectivity index (χ3n) is 4.77. The number of carboxylic acids is 1. The number of carboxylic acid groups (broad SMARTS) is 1. The van der Waals surface area contributed by atoms with Crippen LogP contribution in [0, 0.1) is 5.41 Å². The Kier molecular flexibility index (Phi) is 5.82. The molecule has 8 nitrogen and oxygen atoms in total. The highest BCUT2D eigenvalue weighted by Crippen LogP contribution is 2.51. The van der Waals surface area contributed by atoms with Gasteiger partial charge in [0.15, 0.2) is 11.2 Å². The van der Waals surface area contributed by atoms with Crippen LogP contribution in [-0.4, -0.2) is 53.6 Å². The minimum Gasteiger partial charge on any atom is -0.480 e. The van der Waals surface area contributed by atoms with Crippen molar-refractivity contribution in [1.82, 2.24) is 4.90 Å². The molecule has 152 valence electrons. The summed E-state index contributed by atoms with van der Waals surface area (Å²) >= 11 is 0. The van der Waals surface area contributed by atoms with Gasteiger partial charge in [-0.05, 0) is 32.8 Å². The Morgan fingerprint density at radius 2 is 1.82 bits per heavy atom. The number of rotatable bonds is 5. The van der Waals surface area contributed by atoms with Crippen molar-refractivity contribution >= 4 is 23.8 Å². The van der Waals surface area contributed by atoms with Gasteiger partial charge in [-0.15, -0.1) is 0 Å². The molecule has 0 radical (unpaired) electrons. The van der Waals surface area contributed by atoms with Crippen LogP contribution in [0.25, 0.3) is 0 Å². The zero-order valence-corrected chi connectivity index (χ0v) is 16.6. The number of hydrogen-bond donors (Lipinski definition) is 1. The number of aliphatic carboxylic acids is 1. The van der Waals surface area contributed by atoms with Gasteiger partial charge in [-0.1, -0.05) is 24.3 Å². The lowest BCUT2D eigenvalue weighted by atomic mass is 9.75. The number of carbonyl (C=O) groups is 4. The number of fused-ring (bicyclic) bond motifs is 1. The molecule has 2 rings (SSSR count). The van der Waals surface area contributed by atoms with Crippen molar-refractivity contribution in [3.8, 4) is 0 Å². The van der Waals surface area contributed by atoms with Gasteiger partial charge in [0.2, 0.25) is 0 Å². The van der Waals surface area contributed by atoms with Gasteiger partial charge in [0.1, 0.15) is 5.60 Å². The van der Waals surface area contributed by atoms with E-state index < -0.39 is 40.9 Å². The van der Waals surface area contributed by atoms with E-state index >= 15 is 0 Å². The third kappa shape index (κ3) is 3.72. The zero-order chi connectivity index (χ0) is 21.3. The van der Waals surface area contributed by atoms with Crippen molar-refractivity contribution < 1.29 is 33.8 Å². The molecule has 1 aromatic carbocycles. The first-order valence-electron chi connectivity index (χ1n) is 8.85. The number of ether oxygens (including phenoxy) is 2. The van der Waals surface area contributed by atoms with Crippen LogP contribution in [-0.2, 0) is 19.1 Å². The molecule has 0 spiro atoms. The van der Waals surface area contributed by atoms with Crippen LogP contribution in [0.2, 0.25) is 0 Å². The number of nitrogens with zero attached hydrogens (tertiary/aromatic N) is 1. The number of methoxy groups -OCH3 is 1. The van der Waals surface area contributed by atoms with Crippen LogP contribution in [0.3, 0.4) is 0 Å². The summed E-state index contributed by atoms with van der Waals surface area (Å²) in [5.74, 6) is -2.68. The third-order valence-corrected chi connectivity index (χ3v) is 4.77. The molecule has 2 unspecified atom stereocenters. The maximum absolute atomic E-state index is 13.2. The summed E-state index contributed by atoms with van der Waals surface area (Å²) in [5, 5.41) is 10.1. The predicted octanol–water partition coefficient (Wildman–Crippen LogP) is 2.82. The second-order valence-electron chi connectivity index (χ2n) is 7.76. The quantitative estimate of drug-likeness (QED) is 0.607. The monoisotopic (exact) mass is 391 g/mol. The molecule has 0 fully saturated rings. The summed E-state index contributed by atoms with van der Waals surface area (Å²) in [6.45, 7) is 5.07. The van der Waals surface area contributed by atoms with Gasteiger partial charge in [0.25, 0.3) is 0 Å². The molecule has 2 atom stereocenters. The molecular formula is C20H25NO7. The van der Waals surface area contributed by atoms with Crippen LogP contribution < -0.4 is 0 Å². The standard InChI is InChI=1S/C20H25NO7/c1-19(2,3)28-18(26)21(4)15-12-8-6-7-9-13(12)16(23)20(15,17(24)25)11-10-14(22)27-5/h6-9,15H,10-11H2,1-5H3,(H,24,25). The van der Waals surface area contributed by atoms with Crippen molar-refractivity contribution in [1.29, 1.82) is 0 Å². The molecule has 0 aliphatic heterocycles. The summed E-state index contributed by atoms with van der Waals surface area (Å²) < 4.78 is 9.98. The van der Waals surface area contributed by atoms with E-state index in [9.17, 15) is 24.3 Å². The number of esters is 1. The molecule has 1 aliphatic rings. The van der Waals surface area contributed by atoms with E-state index in [2.05, 4.69) is 4.74 Å². The first kappa shape index (κ1) is 21.4. The molecule has 1 amide bonds. The van der Waals surface area contributed by atoms with Gasteiger partial charge in [-0.3, -0.25) is 14.4 Å². The number of hydrogen-bond acceptors (Lipinski definition) is 6. The molecule has 0 saturated heterocycles. The molecule has 8 heteroatoms. The molecule has 0 aromatic heterocycles. The second-order valence-corrected chi connectivity index (χ2v) is 7.76. The lowest BCUT2D eigenvalue weighted by Crippen LogP contribution is -2.48. The second kappa shape index (κ2) is 7.61. The topological polar surface area (TPSA) is 110 Å². The summed E-state index contributed by atoms with van der Waals surface area (Å²) in [5.41, 5.74) is -2.18. The van der Waals surface area contributed by atoms with Gasteiger partial charge >= 0.3 is 18.0 Å². The van der Waals surface area contributed by atoms with E-state index in [-0.39, 0.29) is 18.4 Å². The first-order valence-corrected chi connectivity index (χ1v) is 8.85. The van der Waals surface area contributed by atoms with E-state index in [1.807, 2.05) is 0 Å². The number of ketones is 1. The molecule has 1 aliphatic carbocycles. The lowest BCUT2D eigenvalue weighted by Gasteiger charge is -2.37. The summed E-state index contributed by atoms with van der Waals surface area (Å²) in [6.07, 6.45) is -1.34. The highest BCUT2D eigenvalue weighted by atomic mass is 16.6. The Hall–Kier alpha value is -2.90. The molecule has 0 heterocycles. The van der Waals surface area contributed by atoms with Crippen molar-refractivity contribution in [3.05, 3.63) is 35.4 Å². The van der Waals surface area contributed by atoms with E-state index in [1.54, 1.807) is 39.0 Å². The predicted molar refractivity (Wildman–Crippen MR) is 98.8 cm³/mol. The van der Waals surface area contributed by atoms with E-state index in [4.69, 9.17) is 4.74 Å². The Morgan fingerprint density at radius 3 is 2.36 bits per heavy atom. The van der Waals surface area contributed by atoms with Crippen LogP contribution >= 0.6 is 0 Å². The molecule has 28 heavy (non-hydrogen) atoms. The number of carbonyl (C=O) groups excluding carboxylic acids is 3. The fraction of sp³-hybridized carbons (Fsp3) is 0.500. The number of Topliss-reactive ketones (excluding diaryl/α,β-unsaturated/α-hetero) is 1. The summed E-state index contributed by atoms with van der Waals surface area (Å²) in [7, 11) is 2.58. The Bertz CT molecular complexity index is 811. The first-order chi connectivity index (χ1) is 13.0. The number of benzene rings is 1. The van der Waals surface area contributed by atoms with Crippen molar-refractivity contribution in [2.45, 2.75) is 45.3 Å². The summed E-state index contributed by atoms with van der Waals surface area (Å²) in [6, 6.07) is 5.31. The van der Waals surface area contributed by atoms with Gasteiger partial charge in [-0.25, -0.2) is 4.79 Å². The Morgan fingerprint density at radius 1 is 1.21 bits per heavy atom. The molecular weight excluding hydrogens is 366 g/mol. The fourth-order valence-electron chi connectivity index (χ4n) is 3.52. The van der Waals surface area contributed by atoms with Gasteiger partial charge in [-0.2, -0.15) is 0 Å². The van der Waals surface area contributed by atoms with Crippen LogP contribution in [0.4, 0.5) is 4.79 Å². The average molecular weight is 391 g/mol. The smallest absolute Gasteiger partial charge is 0.410 e. The highest BCUT2D eigenvalue weighted by Gasteiger charge is 2.61. The van der Waals surface area contributed by atoms with Gasteiger partial charge < -0.3 is 19.5 Å². The van der Waals surface area contributed by atoms with Crippen molar-refractivity contribution in [2.24, 2.45) is 5.41 Å². The number of amides is 1. The highest BCUT2D eigenvalue weighted by molar-refractivity contribution is 6.17. The maximum atomic E-state index is 13.2. The normalized spacial score (nSPS) is 21.0. The average Bonchev–Trinajstić information content (AvgIpc) is 2.87. The molecule has 1 N–H and O–H groups in total. The molecule has 0 saturated carbocycles. The lowest BCUT2D eigenvalue weighted by molar-refractivity contribution is -0.150. The summed E-state index contributed by atoms with van der Waals surface area (Å²) in [4.78, 5) is 51.0. The fourth-order valence-corrected chi connectivity index (χ4v) is 3.52.